The lowest BCUT2D eigenvalue weighted by atomic mass is 9.78. The predicted octanol–water partition coefficient (Wildman–Crippen LogP) is 7.30. The van der Waals surface area contributed by atoms with E-state index in [1.807, 2.05) is 0 Å². The zero-order valence-electron chi connectivity index (χ0n) is 15.8. The van der Waals surface area contributed by atoms with Gasteiger partial charge in [-0.15, -0.1) is 0 Å². The van der Waals surface area contributed by atoms with Crippen LogP contribution in [0, 0.1) is 0 Å². The van der Waals surface area contributed by atoms with E-state index >= 15 is 0 Å². The van der Waals surface area contributed by atoms with Crippen molar-refractivity contribution in [1.29, 1.82) is 0 Å². The van der Waals surface area contributed by atoms with Crippen molar-refractivity contribution in [3.05, 3.63) is 90.0 Å². The van der Waals surface area contributed by atoms with Crippen LogP contribution < -0.4 is 4.74 Å². The molecular weight excluding hydrogens is 340 g/mol. The van der Waals surface area contributed by atoms with Gasteiger partial charge in [0.25, 0.3) is 0 Å². The van der Waals surface area contributed by atoms with Gasteiger partial charge in [0.1, 0.15) is 5.75 Å². The monoisotopic (exact) mass is 360 g/mol. The van der Waals surface area contributed by atoms with E-state index in [0.29, 0.717) is 0 Å². The van der Waals surface area contributed by atoms with Crippen LogP contribution in [-0.4, -0.2) is 7.11 Å². The molecule has 0 saturated heterocycles. The maximum atomic E-state index is 5.32. The molecule has 0 aromatic heterocycles. The Morgan fingerprint density at radius 2 is 1.25 bits per heavy atom. The summed E-state index contributed by atoms with van der Waals surface area (Å²) < 4.78 is 5.32. The molecule has 134 valence electrons. The van der Waals surface area contributed by atoms with Crippen molar-refractivity contribution in [2.24, 2.45) is 0 Å². The van der Waals surface area contributed by atoms with Gasteiger partial charge in [0.2, 0.25) is 0 Å². The third-order valence-corrected chi connectivity index (χ3v) is 6.28. The third-order valence-electron chi connectivity index (χ3n) is 6.28. The van der Waals surface area contributed by atoms with E-state index in [2.05, 4.69) is 78.9 Å². The normalized spacial score (nSPS) is 14.2. The summed E-state index contributed by atoms with van der Waals surface area (Å²) in [6.45, 7) is 0. The van der Waals surface area contributed by atoms with Crippen molar-refractivity contribution in [1.82, 2.24) is 0 Å². The molecule has 0 fully saturated rings. The summed E-state index contributed by atoms with van der Waals surface area (Å²) in [6, 6.07) is 28.8. The highest BCUT2D eigenvalue weighted by Crippen LogP contribution is 2.46. The van der Waals surface area contributed by atoms with E-state index in [4.69, 9.17) is 4.74 Å². The molecule has 1 aliphatic carbocycles. The molecule has 1 aliphatic rings. The number of benzene rings is 5. The Labute approximate surface area is 164 Å². The van der Waals surface area contributed by atoms with Crippen molar-refractivity contribution in [3.63, 3.8) is 0 Å². The van der Waals surface area contributed by atoms with Gasteiger partial charge in [-0.2, -0.15) is 0 Å². The van der Waals surface area contributed by atoms with Crippen molar-refractivity contribution in [3.8, 4) is 5.75 Å². The third kappa shape index (κ3) is 2.13. The van der Waals surface area contributed by atoms with Gasteiger partial charge in [0.15, 0.2) is 0 Å². The fraction of sp³-hybridized carbons (Fsp3) is 0.111. The lowest BCUT2D eigenvalue weighted by molar-refractivity contribution is 0.415. The van der Waals surface area contributed by atoms with Gasteiger partial charge in [0, 0.05) is 0 Å². The first-order valence-corrected chi connectivity index (χ1v) is 9.87. The molecular formula is C27H20O. The second-order valence-electron chi connectivity index (χ2n) is 7.65. The zero-order chi connectivity index (χ0) is 18.7. The van der Waals surface area contributed by atoms with Crippen LogP contribution in [0.25, 0.3) is 43.5 Å². The van der Waals surface area contributed by atoms with Crippen LogP contribution in [0.1, 0.15) is 24.0 Å². The lowest BCUT2D eigenvalue weighted by Crippen LogP contribution is -2.03. The average molecular weight is 360 g/mol. The van der Waals surface area contributed by atoms with Gasteiger partial charge in [-0.25, -0.2) is 0 Å². The summed E-state index contributed by atoms with van der Waals surface area (Å²) in [5.41, 5.74) is 5.66. The Bertz CT molecular complexity index is 1360. The molecule has 5 aromatic rings. The largest absolute Gasteiger partial charge is 0.497 e. The van der Waals surface area contributed by atoms with E-state index < -0.39 is 0 Å². The van der Waals surface area contributed by atoms with Crippen LogP contribution in [0.3, 0.4) is 0 Å². The first kappa shape index (κ1) is 15.7. The Hall–Kier alpha value is -3.32. The van der Waals surface area contributed by atoms with Gasteiger partial charge in [-0.05, 0) is 79.6 Å². The Balaban J connectivity index is 1.62. The van der Waals surface area contributed by atoms with E-state index in [-0.39, 0.29) is 0 Å². The van der Waals surface area contributed by atoms with Crippen molar-refractivity contribution in [2.75, 3.05) is 7.11 Å². The molecule has 0 N–H and O–H groups in total. The van der Waals surface area contributed by atoms with Crippen LogP contribution >= 0.6 is 0 Å². The minimum absolute atomic E-state index is 0.910. The highest BCUT2D eigenvalue weighted by Gasteiger charge is 2.22. The summed E-state index contributed by atoms with van der Waals surface area (Å²) >= 11 is 0. The first-order valence-electron chi connectivity index (χ1n) is 9.87. The van der Waals surface area contributed by atoms with Gasteiger partial charge < -0.3 is 4.74 Å². The summed E-state index contributed by atoms with van der Waals surface area (Å²) in [7, 11) is 1.72. The number of allylic oxidation sites excluding steroid dienone is 2. The fourth-order valence-corrected chi connectivity index (χ4v) is 4.78. The van der Waals surface area contributed by atoms with Crippen LogP contribution in [0.5, 0.6) is 5.75 Å². The maximum Gasteiger partial charge on any atom is 0.118 e. The molecule has 28 heavy (non-hydrogen) atoms. The van der Waals surface area contributed by atoms with E-state index in [0.717, 1.165) is 18.6 Å². The lowest BCUT2D eigenvalue weighted by Gasteiger charge is -2.26. The molecule has 0 unspecified atom stereocenters. The number of methoxy groups -OCH3 is 1. The van der Waals surface area contributed by atoms with Crippen molar-refractivity contribution < 1.29 is 4.74 Å². The Morgan fingerprint density at radius 1 is 0.607 bits per heavy atom. The summed E-state index contributed by atoms with van der Waals surface area (Å²) in [5.74, 6) is 0.910. The van der Waals surface area contributed by atoms with Crippen LogP contribution in [0.4, 0.5) is 0 Å². The van der Waals surface area contributed by atoms with Gasteiger partial charge >= 0.3 is 0 Å². The van der Waals surface area contributed by atoms with E-state index in [1.54, 1.807) is 7.11 Å². The Kier molecular flexibility index (Phi) is 3.28. The van der Waals surface area contributed by atoms with Crippen LogP contribution in [-0.2, 0) is 0 Å². The quantitative estimate of drug-likeness (QED) is 0.307. The second kappa shape index (κ2) is 5.84. The molecule has 1 heteroatoms. The van der Waals surface area contributed by atoms with Gasteiger partial charge in [-0.3, -0.25) is 0 Å². The molecule has 0 radical (unpaired) electrons. The number of ether oxygens (including phenoxy) is 1. The molecule has 0 amide bonds. The second-order valence-corrected chi connectivity index (χ2v) is 7.65. The predicted molar refractivity (Wildman–Crippen MR) is 119 cm³/mol. The minimum Gasteiger partial charge on any atom is -0.497 e. The standard InChI is InChI=1S/C27H20O/c1-28-21-11-7-17(8-12-21)22-15-16-23(22)24-13-9-20-6-5-18-3-2-4-19-10-14-25(24)27(20)26(18)19/h2-14H,15-16H2,1H3. The minimum atomic E-state index is 0.910. The van der Waals surface area contributed by atoms with Gasteiger partial charge in [0.05, 0.1) is 7.11 Å². The number of hydrogen-bond donors (Lipinski definition) is 0. The fourth-order valence-electron chi connectivity index (χ4n) is 4.78. The highest BCUT2D eigenvalue weighted by atomic mass is 16.5. The van der Waals surface area contributed by atoms with Crippen molar-refractivity contribution in [2.45, 2.75) is 12.8 Å². The SMILES string of the molecule is COc1ccc(C2=C(c3ccc4ccc5cccc6ccc3c4c56)CC2)cc1. The molecule has 0 bridgehead atoms. The zero-order valence-corrected chi connectivity index (χ0v) is 15.8. The van der Waals surface area contributed by atoms with E-state index in [9.17, 15) is 0 Å². The Morgan fingerprint density at radius 3 is 1.93 bits per heavy atom. The number of hydrogen-bond acceptors (Lipinski definition) is 1. The van der Waals surface area contributed by atoms with Crippen LogP contribution in [0.15, 0.2) is 78.9 Å². The number of rotatable bonds is 3. The molecule has 0 atom stereocenters. The molecule has 1 nitrogen and oxygen atoms in total. The smallest absolute Gasteiger partial charge is 0.118 e. The van der Waals surface area contributed by atoms with Crippen LogP contribution in [0.2, 0.25) is 0 Å². The topological polar surface area (TPSA) is 9.23 Å². The summed E-state index contributed by atoms with van der Waals surface area (Å²) in [4.78, 5) is 0. The maximum absolute atomic E-state index is 5.32. The van der Waals surface area contributed by atoms with Crippen molar-refractivity contribution >= 4 is 43.5 Å². The van der Waals surface area contributed by atoms with E-state index in [1.165, 1.54) is 54.6 Å². The highest BCUT2D eigenvalue weighted by molar-refractivity contribution is 6.25. The molecule has 0 spiro atoms. The molecule has 6 rings (SSSR count). The summed E-state index contributed by atoms with van der Waals surface area (Å²) in [5, 5.41) is 8.15. The summed E-state index contributed by atoms with van der Waals surface area (Å²) in [6.07, 6.45) is 2.29. The molecule has 0 aliphatic heterocycles. The van der Waals surface area contributed by atoms with Gasteiger partial charge in [-0.1, -0.05) is 66.7 Å². The molecule has 0 saturated carbocycles. The molecule has 0 heterocycles. The molecule has 5 aromatic carbocycles. The average Bonchev–Trinajstić information content (AvgIpc) is 2.73. The first-order chi connectivity index (χ1) is 13.8.